The van der Waals surface area contributed by atoms with Gasteiger partial charge in [-0.25, -0.2) is 21.9 Å². The maximum absolute atomic E-state index is 13.9. The van der Waals surface area contributed by atoms with E-state index in [0.29, 0.717) is 0 Å². The van der Waals surface area contributed by atoms with E-state index in [0.717, 1.165) is 18.2 Å². The monoisotopic (exact) mass is 391 g/mol. The zero-order chi connectivity index (χ0) is 18.9. The lowest BCUT2D eigenvalue weighted by molar-refractivity contribution is 0.101. The number of nitrogens with zero attached hydrogens (tertiary/aromatic N) is 1. The molecule has 6 nitrogen and oxygen atoms in total. The van der Waals surface area contributed by atoms with Crippen LogP contribution in [0.2, 0.25) is 5.02 Å². The summed E-state index contributed by atoms with van der Waals surface area (Å²) in [5.41, 5.74) is -0.341. The van der Waals surface area contributed by atoms with Crippen molar-refractivity contribution in [2.45, 2.75) is 24.8 Å². The summed E-state index contributed by atoms with van der Waals surface area (Å²) in [4.78, 5) is 12.2. The summed E-state index contributed by atoms with van der Waals surface area (Å²) in [5, 5.41) is 1.50. The normalized spacial score (nSPS) is 11.8. The lowest BCUT2D eigenvalue weighted by Gasteiger charge is -2.08. The minimum Gasteiger partial charge on any atom is -0.345 e. The fourth-order valence-corrected chi connectivity index (χ4v) is 3.58. The third-order valence-electron chi connectivity index (χ3n) is 3.20. The van der Waals surface area contributed by atoms with Gasteiger partial charge in [-0.15, -0.1) is 0 Å². The van der Waals surface area contributed by atoms with Crippen LogP contribution in [0.1, 0.15) is 24.3 Å². The molecule has 2 rings (SSSR count). The summed E-state index contributed by atoms with van der Waals surface area (Å²) in [6.07, 6.45) is 1.26. The van der Waals surface area contributed by atoms with Crippen molar-refractivity contribution >= 4 is 33.2 Å². The minimum atomic E-state index is -3.78. The summed E-state index contributed by atoms with van der Waals surface area (Å²) in [6.45, 7) is 3.32. The fraction of sp³-hybridized carbons (Fsp3) is 0.267. The lowest BCUT2D eigenvalue weighted by atomic mass is 10.2. The van der Waals surface area contributed by atoms with Gasteiger partial charge < -0.3 is 9.88 Å². The van der Waals surface area contributed by atoms with E-state index in [1.54, 1.807) is 13.8 Å². The second-order valence-electron chi connectivity index (χ2n) is 5.62. The van der Waals surface area contributed by atoms with E-state index in [-0.39, 0.29) is 22.3 Å². The van der Waals surface area contributed by atoms with Crippen LogP contribution in [0.5, 0.6) is 0 Å². The van der Waals surface area contributed by atoms with Crippen LogP contribution >= 0.6 is 11.6 Å². The molecule has 0 saturated carbocycles. The van der Waals surface area contributed by atoms with E-state index in [1.165, 1.54) is 17.8 Å². The molecule has 0 saturated heterocycles. The van der Waals surface area contributed by atoms with Crippen molar-refractivity contribution in [3.63, 3.8) is 0 Å². The zero-order valence-electron chi connectivity index (χ0n) is 13.6. The first-order valence-electron chi connectivity index (χ1n) is 7.16. The Bertz CT molecular complexity index is 926. The molecule has 1 aromatic carbocycles. The molecular weight excluding hydrogens is 376 g/mol. The summed E-state index contributed by atoms with van der Waals surface area (Å²) < 4.78 is 55.0. The lowest BCUT2D eigenvalue weighted by Crippen LogP contribution is -2.29. The highest BCUT2D eigenvalue weighted by Crippen LogP contribution is 2.26. The van der Waals surface area contributed by atoms with Crippen molar-refractivity contribution in [2.75, 3.05) is 5.32 Å². The van der Waals surface area contributed by atoms with Crippen LogP contribution in [0.4, 0.5) is 14.5 Å². The van der Waals surface area contributed by atoms with Gasteiger partial charge in [-0.1, -0.05) is 11.6 Å². The topological polar surface area (TPSA) is 80.2 Å². The van der Waals surface area contributed by atoms with E-state index >= 15 is 0 Å². The number of benzene rings is 1. The van der Waals surface area contributed by atoms with E-state index in [9.17, 15) is 22.0 Å². The molecule has 1 aromatic heterocycles. The molecule has 2 aromatic rings. The highest BCUT2D eigenvalue weighted by molar-refractivity contribution is 7.89. The summed E-state index contributed by atoms with van der Waals surface area (Å²) >= 11 is 5.46. The van der Waals surface area contributed by atoms with Crippen LogP contribution in [0, 0.1) is 11.6 Å². The molecule has 25 heavy (non-hydrogen) atoms. The van der Waals surface area contributed by atoms with Gasteiger partial charge in [-0.05, 0) is 32.0 Å². The van der Waals surface area contributed by atoms with E-state index in [2.05, 4.69) is 10.0 Å². The predicted molar refractivity (Wildman–Crippen MR) is 90.2 cm³/mol. The maximum Gasteiger partial charge on any atom is 0.272 e. The Labute approximate surface area is 148 Å². The third kappa shape index (κ3) is 4.17. The maximum atomic E-state index is 13.9. The molecule has 0 bridgehead atoms. The number of carbonyl (C=O) groups excluding carboxylic acids is 1. The largest absolute Gasteiger partial charge is 0.345 e. The quantitative estimate of drug-likeness (QED) is 0.769. The average molecular weight is 392 g/mol. The van der Waals surface area contributed by atoms with Gasteiger partial charge in [0.1, 0.15) is 21.4 Å². The first-order chi connectivity index (χ1) is 11.5. The van der Waals surface area contributed by atoms with Gasteiger partial charge in [0.25, 0.3) is 5.91 Å². The van der Waals surface area contributed by atoms with Gasteiger partial charge in [0, 0.05) is 19.3 Å². The molecule has 10 heteroatoms. The van der Waals surface area contributed by atoms with Gasteiger partial charge in [0.2, 0.25) is 10.0 Å². The van der Waals surface area contributed by atoms with Crippen molar-refractivity contribution in [1.82, 2.24) is 9.29 Å². The molecule has 0 radical (unpaired) electrons. The molecule has 0 aliphatic heterocycles. The number of sulfonamides is 1. The molecule has 0 fully saturated rings. The Kier molecular flexibility index (Phi) is 5.50. The van der Waals surface area contributed by atoms with Crippen LogP contribution in [-0.2, 0) is 17.1 Å². The first-order valence-corrected chi connectivity index (χ1v) is 9.02. The van der Waals surface area contributed by atoms with Crippen LogP contribution in [-0.4, -0.2) is 24.9 Å². The summed E-state index contributed by atoms with van der Waals surface area (Å²) in [5.74, 6) is -2.84. The number of hydrogen-bond acceptors (Lipinski definition) is 3. The SMILES string of the molecule is CC(C)NS(=O)(=O)c1cc(C(=O)Nc2ccc(F)c(Cl)c2F)n(C)c1. The number of amides is 1. The number of nitrogens with one attached hydrogen (secondary N) is 2. The zero-order valence-corrected chi connectivity index (χ0v) is 15.2. The first kappa shape index (κ1) is 19.4. The molecule has 1 heterocycles. The van der Waals surface area contributed by atoms with Crippen molar-refractivity contribution in [1.29, 1.82) is 0 Å². The summed E-state index contributed by atoms with van der Waals surface area (Å²) in [6, 6.07) is 2.77. The number of aryl methyl sites for hydroxylation is 1. The van der Waals surface area contributed by atoms with Gasteiger partial charge >= 0.3 is 0 Å². The molecule has 0 aliphatic rings. The van der Waals surface area contributed by atoms with E-state index < -0.39 is 32.6 Å². The van der Waals surface area contributed by atoms with Gasteiger partial charge in [0.15, 0.2) is 5.82 Å². The number of carbonyl (C=O) groups is 1. The number of aromatic nitrogens is 1. The second kappa shape index (κ2) is 7.11. The van der Waals surface area contributed by atoms with Crippen molar-refractivity contribution in [3.05, 3.63) is 46.7 Å². The number of rotatable bonds is 5. The fourth-order valence-electron chi connectivity index (χ4n) is 2.09. The number of anilines is 1. The molecular formula is C15H16ClF2N3O3S. The van der Waals surface area contributed by atoms with Crippen molar-refractivity contribution in [2.24, 2.45) is 7.05 Å². The average Bonchev–Trinajstić information content (AvgIpc) is 2.89. The Morgan fingerprint density at radius 3 is 2.52 bits per heavy atom. The van der Waals surface area contributed by atoms with Gasteiger partial charge in [-0.3, -0.25) is 4.79 Å². The molecule has 1 amide bonds. The molecule has 0 aliphatic carbocycles. The molecule has 0 spiro atoms. The van der Waals surface area contributed by atoms with Gasteiger partial charge in [0.05, 0.1) is 5.69 Å². The Hall–Kier alpha value is -1.97. The standard InChI is InChI=1S/C15H16ClF2N3O3S/c1-8(2)20-25(23,24)9-6-12(21(3)7-9)15(22)19-11-5-4-10(17)13(16)14(11)18/h4-8,20H,1-3H3,(H,19,22). The molecule has 0 atom stereocenters. The molecule has 0 unspecified atom stereocenters. The molecule has 2 N–H and O–H groups in total. The van der Waals surface area contributed by atoms with Crippen LogP contribution in [0.3, 0.4) is 0 Å². The third-order valence-corrected chi connectivity index (χ3v) is 5.17. The van der Waals surface area contributed by atoms with Crippen LogP contribution in [0.25, 0.3) is 0 Å². The van der Waals surface area contributed by atoms with E-state index in [4.69, 9.17) is 11.6 Å². The van der Waals surface area contributed by atoms with Crippen molar-refractivity contribution < 1.29 is 22.0 Å². The number of halogens is 3. The minimum absolute atomic E-state index is 0.0241. The number of hydrogen-bond donors (Lipinski definition) is 2. The summed E-state index contributed by atoms with van der Waals surface area (Å²) in [7, 11) is -2.31. The molecule has 136 valence electrons. The van der Waals surface area contributed by atoms with E-state index in [1.807, 2.05) is 0 Å². The highest BCUT2D eigenvalue weighted by atomic mass is 35.5. The Morgan fingerprint density at radius 2 is 1.92 bits per heavy atom. The predicted octanol–water partition coefficient (Wildman–Crippen LogP) is 2.90. The smallest absolute Gasteiger partial charge is 0.272 e. The van der Waals surface area contributed by atoms with Crippen molar-refractivity contribution in [3.8, 4) is 0 Å². The highest BCUT2D eigenvalue weighted by Gasteiger charge is 2.22. The Morgan fingerprint density at radius 1 is 1.28 bits per heavy atom. The van der Waals surface area contributed by atoms with Crippen LogP contribution < -0.4 is 10.0 Å². The van der Waals surface area contributed by atoms with Gasteiger partial charge in [-0.2, -0.15) is 0 Å². The second-order valence-corrected chi connectivity index (χ2v) is 7.72. The van der Waals surface area contributed by atoms with Crippen LogP contribution in [0.15, 0.2) is 29.3 Å². The Balaban J connectivity index is 2.31.